The molecule has 0 bridgehead atoms. The summed E-state index contributed by atoms with van der Waals surface area (Å²) in [7, 11) is 0. The molecule has 3 heteroatoms. The van der Waals surface area contributed by atoms with Crippen molar-refractivity contribution < 1.29 is 4.42 Å². The van der Waals surface area contributed by atoms with Crippen molar-refractivity contribution in [3.05, 3.63) is 35.3 Å². The highest BCUT2D eigenvalue weighted by Gasteiger charge is 2.10. The number of nitrogens with two attached hydrogens (primary N) is 1. The molecule has 0 aliphatic carbocycles. The third-order valence-electron chi connectivity index (χ3n) is 1.97. The molecule has 1 aromatic heterocycles. The van der Waals surface area contributed by atoms with E-state index in [1.807, 2.05) is 0 Å². The first-order valence-corrected chi connectivity index (χ1v) is 4.68. The minimum Gasteiger partial charge on any atom is -0.448 e. The van der Waals surface area contributed by atoms with Crippen molar-refractivity contribution in [2.75, 3.05) is 0 Å². The fourth-order valence-electron chi connectivity index (χ4n) is 1.08. The Morgan fingerprint density at radius 3 is 2.85 bits per heavy atom. The van der Waals surface area contributed by atoms with E-state index in [9.17, 15) is 0 Å². The third-order valence-corrected chi connectivity index (χ3v) is 2.17. The lowest BCUT2D eigenvalue weighted by molar-refractivity contribution is 0.464. The van der Waals surface area contributed by atoms with Crippen molar-refractivity contribution in [1.29, 1.82) is 0 Å². The Bertz CT molecular complexity index is 293. The first-order valence-electron chi connectivity index (χ1n) is 4.31. The number of hydrogen-bond acceptors (Lipinski definition) is 2. The summed E-state index contributed by atoms with van der Waals surface area (Å²) in [6, 6.07) is 3.38. The quantitative estimate of drug-likeness (QED) is 0.756. The van der Waals surface area contributed by atoms with Gasteiger partial charge in [-0.15, -0.1) is 0 Å². The van der Waals surface area contributed by atoms with Crippen LogP contribution in [0.4, 0.5) is 0 Å². The van der Waals surface area contributed by atoms with Crippen LogP contribution < -0.4 is 5.73 Å². The van der Waals surface area contributed by atoms with Crippen LogP contribution in [0, 0.1) is 0 Å². The summed E-state index contributed by atoms with van der Waals surface area (Å²) in [5.41, 5.74) is 7.00. The fourth-order valence-corrected chi connectivity index (χ4v) is 1.24. The molecule has 1 heterocycles. The molecule has 72 valence electrons. The van der Waals surface area contributed by atoms with E-state index in [1.165, 1.54) is 0 Å². The third kappa shape index (κ3) is 2.90. The van der Waals surface area contributed by atoms with Gasteiger partial charge in [0.1, 0.15) is 5.76 Å². The van der Waals surface area contributed by atoms with Crippen LogP contribution in [0.25, 0.3) is 0 Å². The molecule has 0 aromatic carbocycles. The molecule has 0 spiro atoms. The Hall–Kier alpha value is -0.730. The molecule has 0 saturated carbocycles. The summed E-state index contributed by atoms with van der Waals surface area (Å²) in [5.74, 6) is 0.722. The van der Waals surface area contributed by atoms with Gasteiger partial charge in [-0.3, -0.25) is 0 Å². The molecule has 1 unspecified atom stereocenters. The number of hydrogen-bond donors (Lipinski definition) is 1. The van der Waals surface area contributed by atoms with E-state index in [2.05, 4.69) is 13.5 Å². The summed E-state index contributed by atoms with van der Waals surface area (Å²) in [6.07, 6.45) is 1.70. The largest absolute Gasteiger partial charge is 0.448 e. The predicted octanol–water partition coefficient (Wildman–Crippen LogP) is 3.29. The molecule has 2 nitrogen and oxygen atoms in total. The van der Waals surface area contributed by atoms with E-state index in [-0.39, 0.29) is 6.04 Å². The van der Waals surface area contributed by atoms with Crippen molar-refractivity contribution in [3.8, 4) is 0 Å². The van der Waals surface area contributed by atoms with Crippen molar-refractivity contribution >= 4 is 11.6 Å². The van der Waals surface area contributed by atoms with Gasteiger partial charge in [-0.2, -0.15) is 0 Å². The summed E-state index contributed by atoms with van der Waals surface area (Å²) in [6.45, 7) is 5.95. The average molecular weight is 200 g/mol. The highest BCUT2D eigenvalue weighted by molar-refractivity contribution is 6.28. The maximum absolute atomic E-state index is 5.87. The predicted molar refractivity (Wildman–Crippen MR) is 54.7 cm³/mol. The second kappa shape index (κ2) is 4.49. The molecule has 0 saturated heterocycles. The van der Waals surface area contributed by atoms with Crippen LogP contribution in [0.3, 0.4) is 0 Å². The van der Waals surface area contributed by atoms with Crippen molar-refractivity contribution in [3.63, 3.8) is 0 Å². The van der Waals surface area contributed by atoms with Crippen LogP contribution in [0.2, 0.25) is 5.22 Å². The molecule has 1 rings (SSSR count). The minimum atomic E-state index is -0.125. The summed E-state index contributed by atoms with van der Waals surface area (Å²) in [4.78, 5) is 0. The first kappa shape index (κ1) is 10.4. The SMILES string of the molecule is C=C(CC)CC(N)c1ccc(Cl)o1. The lowest BCUT2D eigenvalue weighted by Gasteiger charge is -2.08. The van der Waals surface area contributed by atoms with E-state index in [4.69, 9.17) is 21.8 Å². The normalized spacial score (nSPS) is 12.8. The topological polar surface area (TPSA) is 39.2 Å². The lowest BCUT2D eigenvalue weighted by Crippen LogP contribution is -2.09. The van der Waals surface area contributed by atoms with Crippen molar-refractivity contribution in [1.82, 2.24) is 0 Å². The van der Waals surface area contributed by atoms with Gasteiger partial charge in [0, 0.05) is 0 Å². The Labute approximate surface area is 83.4 Å². The van der Waals surface area contributed by atoms with Gasteiger partial charge in [-0.1, -0.05) is 19.1 Å². The molecule has 1 atom stereocenters. The minimum absolute atomic E-state index is 0.125. The standard InChI is InChI=1S/C10H14ClNO/c1-3-7(2)6-8(12)9-4-5-10(11)13-9/h4-5,8H,2-3,6,12H2,1H3. The fraction of sp³-hybridized carbons (Fsp3) is 0.400. The first-order chi connectivity index (χ1) is 6.13. The summed E-state index contributed by atoms with van der Waals surface area (Å²) in [5, 5.41) is 0.382. The molecule has 0 fully saturated rings. The van der Waals surface area contributed by atoms with E-state index in [1.54, 1.807) is 12.1 Å². The molecule has 0 aliphatic heterocycles. The molecular formula is C10H14ClNO. The monoisotopic (exact) mass is 199 g/mol. The highest BCUT2D eigenvalue weighted by Crippen LogP contribution is 2.23. The smallest absolute Gasteiger partial charge is 0.193 e. The molecule has 0 aliphatic rings. The molecule has 0 radical (unpaired) electrons. The Morgan fingerprint density at radius 2 is 2.38 bits per heavy atom. The van der Waals surface area contributed by atoms with Gasteiger partial charge in [0.2, 0.25) is 0 Å². The number of halogens is 1. The van der Waals surface area contributed by atoms with Gasteiger partial charge in [0.15, 0.2) is 5.22 Å². The Kier molecular flexibility index (Phi) is 3.58. The van der Waals surface area contributed by atoms with Crippen LogP contribution in [0.5, 0.6) is 0 Å². The highest BCUT2D eigenvalue weighted by atomic mass is 35.5. The zero-order valence-corrected chi connectivity index (χ0v) is 8.47. The van der Waals surface area contributed by atoms with Crippen molar-refractivity contribution in [2.24, 2.45) is 5.73 Å². The second-order valence-electron chi connectivity index (χ2n) is 3.06. The average Bonchev–Trinajstić information content (AvgIpc) is 2.51. The lowest BCUT2D eigenvalue weighted by atomic mass is 10.0. The molecule has 1 aromatic rings. The molecule has 0 amide bonds. The van der Waals surface area contributed by atoms with E-state index in [0.29, 0.717) is 5.22 Å². The van der Waals surface area contributed by atoms with Crippen LogP contribution >= 0.6 is 11.6 Å². The van der Waals surface area contributed by atoms with Crippen LogP contribution in [0.1, 0.15) is 31.6 Å². The Morgan fingerprint density at radius 1 is 1.69 bits per heavy atom. The van der Waals surface area contributed by atoms with Gasteiger partial charge < -0.3 is 10.2 Å². The molecular weight excluding hydrogens is 186 g/mol. The van der Waals surface area contributed by atoms with Crippen LogP contribution in [-0.4, -0.2) is 0 Å². The van der Waals surface area contributed by atoms with E-state index < -0.39 is 0 Å². The Balaban J connectivity index is 2.58. The number of rotatable bonds is 4. The zero-order chi connectivity index (χ0) is 9.84. The summed E-state index contributed by atoms with van der Waals surface area (Å²) < 4.78 is 5.19. The van der Waals surface area contributed by atoms with Crippen LogP contribution in [0.15, 0.2) is 28.7 Å². The number of furan rings is 1. The van der Waals surface area contributed by atoms with E-state index >= 15 is 0 Å². The van der Waals surface area contributed by atoms with Gasteiger partial charge >= 0.3 is 0 Å². The van der Waals surface area contributed by atoms with E-state index in [0.717, 1.165) is 24.2 Å². The maximum Gasteiger partial charge on any atom is 0.193 e. The molecule has 13 heavy (non-hydrogen) atoms. The van der Waals surface area contributed by atoms with Gasteiger partial charge in [-0.25, -0.2) is 0 Å². The van der Waals surface area contributed by atoms with Gasteiger partial charge in [0.05, 0.1) is 6.04 Å². The second-order valence-corrected chi connectivity index (χ2v) is 3.43. The molecule has 2 N–H and O–H groups in total. The van der Waals surface area contributed by atoms with Gasteiger partial charge in [-0.05, 0) is 36.6 Å². The van der Waals surface area contributed by atoms with Crippen molar-refractivity contribution in [2.45, 2.75) is 25.8 Å². The van der Waals surface area contributed by atoms with Crippen LogP contribution in [-0.2, 0) is 0 Å². The zero-order valence-electron chi connectivity index (χ0n) is 7.72. The van der Waals surface area contributed by atoms with Gasteiger partial charge in [0.25, 0.3) is 0 Å². The maximum atomic E-state index is 5.87. The summed E-state index contributed by atoms with van der Waals surface area (Å²) >= 11 is 5.63.